The summed E-state index contributed by atoms with van der Waals surface area (Å²) < 4.78 is 19.7. The molecule has 2 rings (SSSR count). The molecule has 7 heteroatoms. The third-order valence-corrected chi connectivity index (χ3v) is 4.54. The van der Waals surface area contributed by atoms with Gasteiger partial charge in [-0.3, -0.25) is 4.79 Å². The number of carbonyl (C=O) groups is 2. The molecule has 0 bridgehead atoms. The number of hydrogen-bond acceptors (Lipinski definition) is 4. The maximum atomic E-state index is 14.5. The summed E-state index contributed by atoms with van der Waals surface area (Å²) in [5.74, 6) is -1.05. The number of nitrogens with one attached hydrogen (secondary N) is 1. The van der Waals surface area contributed by atoms with Crippen LogP contribution in [0.3, 0.4) is 0 Å². The van der Waals surface area contributed by atoms with Crippen molar-refractivity contribution in [1.29, 1.82) is 0 Å². The van der Waals surface area contributed by atoms with Gasteiger partial charge in [-0.25, -0.2) is 9.18 Å². The Morgan fingerprint density at radius 2 is 1.86 bits per heavy atom. The van der Waals surface area contributed by atoms with E-state index in [2.05, 4.69) is 5.32 Å². The highest BCUT2D eigenvalue weighted by Gasteiger charge is 2.21. The van der Waals surface area contributed by atoms with Gasteiger partial charge in [0, 0.05) is 11.9 Å². The Labute approximate surface area is 169 Å². The number of ether oxygens (including phenoxy) is 1. The number of thioether (sulfide) groups is 1. The first-order valence-corrected chi connectivity index (χ1v) is 10.00. The molecule has 1 N–H and O–H groups in total. The van der Waals surface area contributed by atoms with Crippen LogP contribution in [-0.4, -0.2) is 42.3 Å². The van der Waals surface area contributed by atoms with E-state index in [0.717, 1.165) is 20.9 Å². The van der Waals surface area contributed by atoms with Crippen LogP contribution in [0.25, 0.3) is 11.1 Å². The lowest BCUT2D eigenvalue weighted by Gasteiger charge is -2.24. The molecule has 0 aliphatic heterocycles. The van der Waals surface area contributed by atoms with E-state index in [1.54, 1.807) is 38.6 Å². The van der Waals surface area contributed by atoms with E-state index in [1.165, 1.54) is 19.2 Å². The first-order chi connectivity index (χ1) is 13.1. The van der Waals surface area contributed by atoms with Gasteiger partial charge in [-0.2, -0.15) is 0 Å². The molecule has 0 spiro atoms. The smallest absolute Gasteiger partial charge is 0.410 e. The lowest BCUT2D eigenvalue weighted by molar-refractivity contribution is -0.117. The molecule has 0 aromatic heterocycles. The van der Waals surface area contributed by atoms with Gasteiger partial charge >= 0.3 is 6.09 Å². The van der Waals surface area contributed by atoms with Gasteiger partial charge in [0.2, 0.25) is 5.91 Å². The Kier molecular flexibility index (Phi) is 7.07. The number of rotatable bonds is 5. The lowest BCUT2D eigenvalue weighted by Crippen LogP contribution is -2.38. The third kappa shape index (κ3) is 5.99. The number of halogens is 1. The molecule has 5 nitrogen and oxygen atoms in total. The van der Waals surface area contributed by atoms with Gasteiger partial charge in [0.15, 0.2) is 0 Å². The fourth-order valence-electron chi connectivity index (χ4n) is 2.48. The quantitative estimate of drug-likeness (QED) is 0.711. The van der Waals surface area contributed by atoms with Crippen LogP contribution in [0.1, 0.15) is 20.8 Å². The summed E-state index contributed by atoms with van der Waals surface area (Å²) >= 11 is 1.58. The fraction of sp³-hybridized carbons (Fsp3) is 0.333. The van der Waals surface area contributed by atoms with E-state index in [-0.39, 0.29) is 12.2 Å². The normalized spacial score (nSPS) is 11.1. The minimum absolute atomic E-state index is 0.0629. The first-order valence-electron chi connectivity index (χ1n) is 8.77. The summed E-state index contributed by atoms with van der Waals surface area (Å²) in [4.78, 5) is 26.3. The van der Waals surface area contributed by atoms with Crippen molar-refractivity contribution in [3.05, 3.63) is 48.3 Å². The summed E-state index contributed by atoms with van der Waals surface area (Å²) in [6.07, 6.45) is 1.34. The predicted molar refractivity (Wildman–Crippen MR) is 111 cm³/mol. The predicted octanol–water partition coefficient (Wildman–Crippen LogP) is 5.02. The van der Waals surface area contributed by atoms with Gasteiger partial charge < -0.3 is 15.0 Å². The molecule has 0 aliphatic rings. The van der Waals surface area contributed by atoms with Gasteiger partial charge in [-0.15, -0.1) is 11.8 Å². The molecule has 28 heavy (non-hydrogen) atoms. The van der Waals surface area contributed by atoms with Crippen LogP contribution < -0.4 is 5.32 Å². The molecule has 0 saturated carbocycles. The summed E-state index contributed by atoms with van der Waals surface area (Å²) in [6.45, 7) is 4.98. The minimum atomic E-state index is -0.656. The van der Waals surface area contributed by atoms with Gasteiger partial charge in [-0.05, 0) is 56.4 Å². The molecule has 0 atom stereocenters. The van der Waals surface area contributed by atoms with Crippen molar-refractivity contribution in [2.75, 3.05) is 25.2 Å². The minimum Gasteiger partial charge on any atom is -0.444 e. The molecule has 2 amide bonds. The Balaban J connectivity index is 2.07. The zero-order valence-electron chi connectivity index (χ0n) is 16.7. The number of nitrogens with zero attached hydrogens (tertiary/aromatic N) is 1. The van der Waals surface area contributed by atoms with E-state index in [4.69, 9.17) is 4.74 Å². The molecule has 0 heterocycles. The Morgan fingerprint density at radius 1 is 1.18 bits per heavy atom. The molecular weight excluding hydrogens is 379 g/mol. The first kappa shape index (κ1) is 21.8. The van der Waals surface area contributed by atoms with Crippen molar-refractivity contribution < 1.29 is 18.7 Å². The van der Waals surface area contributed by atoms with Crippen LogP contribution in [0.2, 0.25) is 0 Å². The van der Waals surface area contributed by atoms with Crippen LogP contribution in [0.15, 0.2) is 47.4 Å². The molecular formula is C21H25FN2O3S. The molecule has 2 aromatic rings. The Morgan fingerprint density at radius 3 is 2.46 bits per heavy atom. The van der Waals surface area contributed by atoms with Gasteiger partial charge in [-0.1, -0.05) is 24.3 Å². The number of hydrogen-bond donors (Lipinski definition) is 1. The Bertz CT molecular complexity index is 865. The van der Waals surface area contributed by atoms with Gasteiger partial charge in [0.05, 0.1) is 5.69 Å². The molecule has 2 aromatic carbocycles. The second-order valence-corrected chi connectivity index (χ2v) is 8.13. The zero-order valence-corrected chi connectivity index (χ0v) is 17.5. The topological polar surface area (TPSA) is 58.6 Å². The Hall–Kier alpha value is -2.54. The largest absolute Gasteiger partial charge is 0.444 e. The number of amides is 2. The monoisotopic (exact) mass is 404 g/mol. The average Bonchev–Trinajstić information content (AvgIpc) is 2.61. The highest BCUT2D eigenvalue weighted by atomic mass is 32.2. The number of carbonyl (C=O) groups excluding carboxylic acids is 2. The van der Waals surface area contributed by atoms with Gasteiger partial charge in [0.1, 0.15) is 18.0 Å². The summed E-state index contributed by atoms with van der Waals surface area (Å²) in [5, 5.41) is 2.50. The zero-order chi connectivity index (χ0) is 20.9. The van der Waals surface area contributed by atoms with Crippen molar-refractivity contribution in [1.82, 2.24) is 4.90 Å². The van der Waals surface area contributed by atoms with Crippen LogP contribution in [0.5, 0.6) is 0 Å². The highest BCUT2D eigenvalue weighted by Crippen LogP contribution is 2.31. The molecule has 0 unspecified atom stereocenters. The van der Waals surface area contributed by atoms with Crippen molar-refractivity contribution in [3.8, 4) is 11.1 Å². The molecule has 0 aliphatic carbocycles. The average molecular weight is 405 g/mol. The van der Waals surface area contributed by atoms with E-state index < -0.39 is 23.4 Å². The van der Waals surface area contributed by atoms with E-state index >= 15 is 0 Å². The van der Waals surface area contributed by atoms with E-state index in [1.807, 2.05) is 30.5 Å². The van der Waals surface area contributed by atoms with Crippen molar-refractivity contribution in [2.24, 2.45) is 0 Å². The van der Waals surface area contributed by atoms with Crippen LogP contribution >= 0.6 is 11.8 Å². The van der Waals surface area contributed by atoms with Crippen LogP contribution in [0, 0.1) is 5.82 Å². The second kappa shape index (κ2) is 9.10. The third-order valence-electron chi connectivity index (χ3n) is 3.75. The molecule has 150 valence electrons. The molecule has 0 fully saturated rings. The van der Waals surface area contributed by atoms with E-state index in [9.17, 15) is 14.0 Å². The lowest BCUT2D eigenvalue weighted by atomic mass is 10.0. The SMILES string of the molecule is CSc1ccccc1-c1ccc(NC(=O)CN(C)C(=O)OC(C)(C)C)c(F)c1. The second-order valence-electron chi connectivity index (χ2n) is 7.28. The van der Waals surface area contributed by atoms with Crippen molar-refractivity contribution in [2.45, 2.75) is 31.3 Å². The molecule has 0 radical (unpaired) electrons. The highest BCUT2D eigenvalue weighted by molar-refractivity contribution is 7.98. The number of benzene rings is 2. The maximum Gasteiger partial charge on any atom is 0.410 e. The van der Waals surface area contributed by atoms with Crippen LogP contribution in [0.4, 0.5) is 14.9 Å². The fourth-order valence-corrected chi connectivity index (χ4v) is 3.10. The van der Waals surface area contributed by atoms with Gasteiger partial charge in [0.25, 0.3) is 0 Å². The standard InChI is InChI=1S/C21H25FN2O3S/c1-21(2,3)27-20(26)24(4)13-19(25)23-17-11-10-14(12-16(17)22)15-8-6-7-9-18(15)28-5/h6-12H,13H2,1-5H3,(H,23,25). The van der Waals surface area contributed by atoms with E-state index in [0.29, 0.717) is 0 Å². The summed E-state index contributed by atoms with van der Waals surface area (Å²) in [6, 6.07) is 12.4. The van der Waals surface area contributed by atoms with Crippen molar-refractivity contribution in [3.63, 3.8) is 0 Å². The number of likely N-dealkylation sites (N-methyl/N-ethyl adjacent to an activating group) is 1. The maximum absolute atomic E-state index is 14.5. The van der Waals surface area contributed by atoms with Crippen LogP contribution in [-0.2, 0) is 9.53 Å². The molecule has 0 saturated heterocycles. The summed E-state index contributed by atoms with van der Waals surface area (Å²) in [7, 11) is 1.45. The summed E-state index contributed by atoms with van der Waals surface area (Å²) in [5.41, 5.74) is 1.06. The number of anilines is 1. The van der Waals surface area contributed by atoms with Crippen molar-refractivity contribution >= 4 is 29.4 Å².